The Bertz CT molecular complexity index is 331. The number of hydrogen-bond acceptors (Lipinski definition) is 3. The summed E-state index contributed by atoms with van der Waals surface area (Å²) in [4.78, 5) is 27.5. The maximum absolute atomic E-state index is 12.3. The highest BCUT2D eigenvalue weighted by Crippen LogP contribution is 2.17. The van der Waals surface area contributed by atoms with Crippen molar-refractivity contribution in [3.63, 3.8) is 0 Å². The molecule has 110 valence electrons. The molecule has 1 aliphatic rings. The number of likely N-dealkylation sites (tertiary alicyclic amines) is 1. The molecule has 0 radical (unpaired) electrons. The second kappa shape index (κ2) is 6.89. The van der Waals surface area contributed by atoms with Crippen molar-refractivity contribution in [3.05, 3.63) is 0 Å². The number of nitrogens with zero attached hydrogens (tertiary/aromatic N) is 2. The minimum Gasteiger partial charge on any atom is -0.339 e. The lowest BCUT2D eigenvalue weighted by atomic mass is 9.99. The largest absolute Gasteiger partial charge is 0.339 e. The molecule has 0 aromatic rings. The van der Waals surface area contributed by atoms with Crippen LogP contribution >= 0.6 is 0 Å². The minimum atomic E-state index is -0.439. The first kappa shape index (κ1) is 16.0. The van der Waals surface area contributed by atoms with Crippen LogP contribution in [0.5, 0.6) is 0 Å². The van der Waals surface area contributed by atoms with Crippen LogP contribution in [-0.2, 0) is 9.59 Å². The highest BCUT2D eigenvalue weighted by Gasteiger charge is 2.31. The zero-order valence-corrected chi connectivity index (χ0v) is 12.6. The summed E-state index contributed by atoms with van der Waals surface area (Å²) in [6.07, 6.45) is 1.90. The summed E-state index contributed by atoms with van der Waals surface area (Å²) >= 11 is 0. The monoisotopic (exact) mass is 269 g/mol. The van der Waals surface area contributed by atoms with Crippen LogP contribution in [0.3, 0.4) is 0 Å². The summed E-state index contributed by atoms with van der Waals surface area (Å²) in [6, 6.07) is -0.300. The molecule has 1 saturated heterocycles. The molecule has 5 nitrogen and oxygen atoms in total. The van der Waals surface area contributed by atoms with Crippen molar-refractivity contribution in [3.8, 4) is 0 Å². The standard InChI is InChI=1S/C14H27N3O2/c1-5-17(11(4)18)12-7-6-8-16(9-12)14(19)13(15)10(2)3/h10,12-13H,5-9,15H2,1-4H3/t12?,13-/m0/s1. The molecule has 1 aliphatic heterocycles. The Labute approximate surface area is 116 Å². The van der Waals surface area contributed by atoms with Crippen LogP contribution in [0, 0.1) is 5.92 Å². The number of carbonyl (C=O) groups excluding carboxylic acids is 2. The van der Waals surface area contributed by atoms with Gasteiger partial charge in [-0.05, 0) is 25.7 Å². The number of carbonyl (C=O) groups is 2. The van der Waals surface area contributed by atoms with E-state index in [1.165, 1.54) is 0 Å². The molecule has 2 amide bonds. The Morgan fingerprint density at radius 2 is 2.05 bits per heavy atom. The average molecular weight is 269 g/mol. The maximum Gasteiger partial charge on any atom is 0.239 e. The van der Waals surface area contributed by atoms with E-state index in [4.69, 9.17) is 5.73 Å². The van der Waals surface area contributed by atoms with Crippen LogP contribution in [0.15, 0.2) is 0 Å². The summed E-state index contributed by atoms with van der Waals surface area (Å²) < 4.78 is 0. The molecule has 0 aromatic carbocycles. The molecular weight excluding hydrogens is 242 g/mol. The predicted octanol–water partition coefficient (Wildman–Crippen LogP) is 0.829. The number of piperidine rings is 1. The second-order valence-electron chi connectivity index (χ2n) is 5.66. The van der Waals surface area contributed by atoms with Crippen LogP contribution < -0.4 is 5.73 Å². The third-order valence-electron chi connectivity index (χ3n) is 3.90. The van der Waals surface area contributed by atoms with E-state index in [9.17, 15) is 9.59 Å². The number of rotatable bonds is 4. The van der Waals surface area contributed by atoms with Gasteiger partial charge in [0.25, 0.3) is 0 Å². The van der Waals surface area contributed by atoms with Crippen LogP contribution in [-0.4, -0.2) is 53.3 Å². The second-order valence-corrected chi connectivity index (χ2v) is 5.66. The van der Waals surface area contributed by atoms with Gasteiger partial charge in [0.05, 0.1) is 6.04 Å². The van der Waals surface area contributed by atoms with E-state index in [1.807, 2.05) is 30.6 Å². The molecule has 0 bridgehead atoms. The van der Waals surface area contributed by atoms with E-state index in [0.717, 1.165) is 19.4 Å². The molecule has 1 rings (SSSR count). The van der Waals surface area contributed by atoms with E-state index in [-0.39, 0.29) is 23.8 Å². The van der Waals surface area contributed by atoms with Crippen molar-refractivity contribution in [1.29, 1.82) is 0 Å². The van der Waals surface area contributed by atoms with Gasteiger partial charge in [0.1, 0.15) is 0 Å². The van der Waals surface area contributed by atoms with Gasteiger partial charge in [-0.1, -0.05) is 13.8 Å². The SMILES string of the molecule is CCN(C(C)=O)C1CCCN(C(=O)[C@@H](N)C(C)C)C1. The van der Waals surface area contributed by atoms with Gasteiger partial charge in [0.15, 0.2) is 0 Å². The Hall–Kier alpha value is -1.10. The van der Waals surface area contributed by atoms with Crippen LogP contribution in [0.25, 0.3) is 0 Å². The van der Waals surface area contributed by atoms with Crippen LogP contribution in [0.2, 0.25) is 0 Å². The van der Waals surface area contributed by atoms with Gasteiger partial charge in [-0.2, -0.15) is 0 Å². The molecule has 1 heterocycles. The van der Waals surface area contributed by atoms with Gasteiger partial charge < -0.3 is 15.5 Å². The van der Waals surface area contributed by atoms with Gasteiger partial charge >= 0.3 is 0 Å². The van der Waals surface area contributed by atoms with Crippen molar-refractivity contribution in [2.45, 2.75) is 52.6 Å². The summed E-state index contributed by atoms with van der Waals surface area (Å²) in [5.41, 5.74) is 5.93. The molecule has 0 saturated carbocycles. The van der Waals surface area contributed by atoms with E-state index < -0.39 is 6.04 Å². The van der Waals surface area contributed by atoms with Crippen LogP contribution in [0.1, 0.15) is 40.5 Å². The quantitative estimate of drug-likeness (QED) is 0.822. The van der Waals surface area contributed by atoms with Crippen molar-refractivity contribution < 1.29 is 9.59 Å². The van der Waals surface area contributed by atoms with Gasteiger partial charge in [-0.15, -0.1) is 0 Å². The fourth-order valence-corrected chi connectivity index (χ4v) is 2.64. The summed E-state index contributed by atoms with van der Waals surface area (Å²) in [5.74, 6) is 0.234. The molecule has 19 heavy (non-hydrogen) atoms. The van der Waals surface area contributed by atoms with Crippen molar-refractivity contribution in [1.82, 2.24) is 9.80 Å². The number of amides is 2. The Morgan fingerprint density at radius 1 is 1.42 bits per heavy atom. The highest BCUT2D eigenvalue weighted by molar-refractivity contribution is 5.82. The fraction of sp³-hybridized carbons (Fsp3) is 0.857. The number of hydrogen-bond donors (Lipinski definition) is 1. The zero-order valence-electron chi connectivity index (χ0n) is 12.6. The molecule has 0 aliphatic carbocycles. The highest BCUT2D eigenvalue weighted by atomic mass is 16.2. The number of likely N-dealkylation sites (N-methyl/N-ethyl adjacent to an activating group) is 1. The van der Waals surface area contributed by atoms with Gasteiger partial charge in [-0.3, -0.25) is 9.59 Å². The van der Waals surface area contributed by atoms with Crippen molar-refractivity contribution >= 4 is 11.8 Å². The zero-order chi connectivity index (χ0) is 14.6. The normalized spacial score (nSPS) is 21.4. The first-order valence-electron chi connectivity index (χ1n) is 7.20. The Kier molecular flexibility index (Phi) is 5.79. The summed E-state index contributed by atoms with van der Waals surface area (Å²) in [6.45, 7) is 9.54. The van der Waals surface area contributed by atoms with E-state index >= 15 is 0 Å². The molecule has 0 spiro atoms. The molecule has 1 unspecified atom stereocenters. The minimum absolute atomic E-state index is 0.0132. The summed E-state index contributed by atoms with van der Waals surface area (Å²) in [5, 5.41) is 0. The Morgan fingerprint density at radius 3 is 2.53 bits per heavy atom. The fourth-order valence-electron chi connectivity index (χ4n) is 2.64. The van der Waals surface area contributed by atoms with E-state index in [2.05, 4.69) is 0 Å². The molecule has 2 N–H and O–H groups in total. The number of nitrogens with two attached hydrogens (primary N) is 1. The molecule has 1 fully saturated rings. The lowest BCUT2D eigenvalue weighted by Crippen LogP contribution is -2.55. The lowest BCUT2D eigenvalue weighted by Gasteiger charge is -2.39. The summed E-state index contributed by atoms with van der Waals surface area (Å²) in [7, 11) is 0. The smallest absolute Gasteiger partial charge is 0.239 e. The molecular formula is C14H27N3O2. The van der Waals surface area contributed by atoms with E-state index in [1.54, 1.807) is 6.92 Å². The molecule has 5 heteroatoms. The third kappa shape index (κ3) is 3.93. The molecule has 0 aromatic heterocycles. The van der Waals surface area contributed by atoms with Gasteiger partial charge in [0, 0.05) is 32.6 Å². The molecule has 2 atom stereocenters. The third-order valence-corrected chi connectivity index (χ3v) is 3.90. The van der Waals surface area contributed by atoms with Gasteiger partial charge in [0.2, 0.25) is 11.8 Å². The van der Waals surface area contributed by atoms with Crippen LogP contribution in [0.4, 0.5) is 0 Å². The predicted molar refractivity (Wildman–Crippen MR) is 75.5 cm³/mol. The van der Waals surface area contributed by atoms with Crippen molar-refractivity contribution in [2.24, 2.45) is 11.7 Å². The average Bonchev–Trinajstić information content (AvgIpc) is 2.37. The topological polar surface area (TPSA) is 66.6 Å². The van der Waals surface area contributed by atoms with Gasteiger partial charge in [-0.25, -0.2) is 0 Å². The lowest BCUT2D eigenvalue weighted by molar-refractivity contribution is -0.139. The first-order chi connectivity index (χ1) is 8.88. The van der Waals surface area contributed by atoms with E-state index in [0.29, 0.717) is 13.1 Å². The Balaban J connectivity index is 2.69. The maximum atomic E-state index is 12.3. The first-order valence-corrected chi connectivity index (χ1v) is 7.20. The van der Waals surface area contributed by atoms with Crippen molar-refractivity contribution in [2.75, 3.05) is 19.6 Å².